The van der Waals surface area contributed by atoms with Crippen molar-refractivity contribution in [1.29, 1.82) is 0 Å². The van der Waals surface area contributed by atoms with Crippen LogP contribution >= 0.6 is 0 Å². The fourth-order valence-electron chi connectivity index (χ4n) is 0.812. The predicted molar refractivity (Wildman–Crippen MR) is 52.6 cm³/mol. The predicted octanol–water partition coefficient (Wildman–Crippen LogP) is 3.87. The molecule has 62 valence electrons. The van der Waals surface area contributed by atoms with Crippen LogP contribution in [0.3, 0.4) is 0 Å². The maximum Gasteiger partial charge on any atom is -0.0136 e. The van der Waals surface area contributed by atoms with E-state index in [-0.39, 0.29) is 0 Å². The molecule has 0 aliphatic heterocycles. The van der Waals surface area contributed by atoms with Gasteiger partial charge < -0.3 is 0 Å². The van der Waals surface area contributed by atoms with Crippen LogP contribution in [0.2, 0.25) is 0 Å². The molecule has 0 aromatic rings. The summed E-state index contributed by atoms with van der Waals surface area (Å²) in [5, 5.41) is 0. The molecule has 0 bridgehead atoms. The summed E-state index contributed by atoms with van der Waals surface area (Å²) in [5.41, 5.74) is 3.92. The lowest BCUT2D eigenvalue weighted by molar-refractivity contribution is 1.13. The van der Waals surface area contributed by atoms with Gasteiger partial charge in [0.25, 0.3) is 0 Å². The highest BCUT2D eigenvalue weighted by Crippen LogP contribution is 2.14. The fraction of sp³-hybridized carbons (Fsp3) is 0.455. The third-order valence-electron chi connectivity index (χ3n) is 1.94. The Labute approximate surface area is 70.3 Å². The van der Waals surface area contributed by atoms with Gasteiger partial charge in [-0.05, 0) is 39.7 Å². The van der Waals surface area contributed by atoms with E-state index in [0.717, 1.165) is 6.42 Å². The normalized spacial score (nSPS) is 13.5. The molecule has 0 aromatic heterocycles. The molecule has 0 radical (unpaired) electrons. The summed E-state index contributed by atoms with van der Waals surface area (Å²) < 4.78 is 0. The zero-order chi connectivity index (χ0) is 8.85. The Bertz CT molecular complexity index is 192. The van der Waals surface area contributed by atoms with Crippen LogP contribution in [0.4, 0.5) is 0 Å². The minimum Gasteiger partial charge on any atom is -0.0959 e. The van der Waals surface area contributed by atoms with Crippen molar-refractivity contribution < 1.29 is 0 Å². The Morgan fingerprint density at radius 2 is 1.82 bits per heavy atom. The van der Waals surface area contributed by atoms with Gasteiger partial charge in [0.1, 0.15) is 0 Å². The van der Waals surface area contributed by atoms with E-state index < -0.39 is 0 Å². The van der Waals surface area contributed by atoms with Gasteiger partial charge >= 0.3 is 0 Å². The van der Waals surface area contributed by atoms with Crippen molar-refractivity contribution in [2.75, 3.05) is 0 Å². The van der Waals surface area contributed by atoms with Gasteiger partial charge in [0.2, 0.25) is 0 Å². The van der Waals surface area contributed by atoms with Gasteiger partial charge in [0.15, 0.2) is 0 Å². The van der Waals surface area contributed by atoms with Crippen LogP contribution in [0.15, 0.2) is 35.5 Å². The minimum absolute atomic E-state index is 1.05. The Morgan fingerprint density at radius 1 is 1.27 bits per heavy atom. The Hall–Kier alpha value is -0.780. The summed E-state index contributed by atoms with van der Waals surface area (Å²) in [4.78, 5) is 0. The van der Waals surface area contributed by atoms with Gasteiger partial charge in [-0.25, -0.2) is 0 Å². The van der Waals surface area contributed by atoms with E-state index in [1.165, 1.54) is 16.7 Å². The molecule has 0 atom stereocenters. The second-order valence-electron chi connectivity index (χ2n) is 2.96. The van der Waals surface area contributed by atoms with Crippen molar-refractivity contribution in [3.05, 3.63) is 35.5 Å². The molecule has 0 saturated heterocycles. The molecule has 0 aliphatic rings. The molecule has 0 rings (SSSR count). The van der Waals surface area contributed by atoms with Gasteiger partial charge in [0, 0.05) is 0 Å². The second-order valence-corrected chi connectivity index (χ2v) is 2.96. The topological polar surface area (TPSA) is 0 Å². The summed E-state index contributed by atoms with van der Waals surface area (Å²) in [7, 11) is 0. The van der Waals surface area contributed by atoms with Crippen molar-refractivity contribution in [3.63, 3.8) is 0 Å². The molecule has 0 amide bonds. The number of rotatable bonds is 3. The first-order chi connectivity index (χ1) is 5.09. The van der Waals surface area contributed by atoms with Gasteiger partial charge in [-0.3, -0.25) is 0 Å². The largest absolute Gasteiger partial charge is 0.0959 e. The molecule has 0 unspecified atom stereocenters. The molecule has 0 aliphatic carbocycles. The van der Waals surface area contributed by atoms with Crippen LogP contribution in [0, 0.1) is 0 Å². The number of hydrogen-bond donors (Lipinski definition) is 0. The summed E-state index contributed by atoms with van der Waals surface area (Å²) in [6.45, 7) is 12.3. The first kappa shape index (κ1) is 10.2. The first-order valence-corrected chi connectivity index (χ1v) is 4.03. The van der Waals surface area contributed by atoms with Gasteiger partial charge in [0.05, 0.1) is 0 Å². The SMILES string of the molecule is C=C(C)/C(C)=C(\C)C/C=C/C. The zero-order valence-electron chi connectivity index (χ0n) is 8.07. The van der Waals surface area contributed by atoms with E-state index >= 15 is 0 Å². The van der Waals surface area contributed by atoms with E-state index in [1.807, 2.05) is 6.92 Å². The maximum atomic E-state index is 3.90. The van der Waals surface area contributed by atoms with Crippen LogP contribution in [0.5, 0.6) is 0 Å². The molecule has 0 fully saturated rings. The van der Waals surface area contributed by atoms with Crippen LogP contribution in [-0.4, -0.2) is 0 Å². The average Bonchev–Trinajstić information content (AvgIpc) is 1.98. The van der Waals surface area contributed by atoms with Crippen molar-refractivity contribution in [2.45, 2.75) is 34.1 Å². The van der Waals surface area contributed by atoms with E-state index in [2.05, 4.69) is 39.5 Å². The van der Waals surface area contributed by atoms with E-state index in [9.17, 15) is 0 Å². The highest BCUT2D eigenvalue weighted by atomic mass is 14.0. The molecule has 0 saturated carbocycles. The monoisotopic (exact) mass is 150 g/mol. The lowest BCUT2D eigenvalue weighted by atomic mass is 10.0. The van der Waals surface area contributed by atoms with E-state index in [0.29, 0.717) is 0 Å². The molecule has 0 heterocycles. The van der Waals surface area contributed by atoms with Crippen LogP contribution in [0.25, 0.3) is 0 Å². The molecule has 0 N–H and O–H groups in total. The second kappa shape index (κ2) is 4.95. The van der Waals surface area contributed by atoms with Gasteiger partial charge in [-0.15, -0.1) is 0 Å². The quantitative estimate of drug-likeness (QED) is 0.423. The third-order valence-corrected chi connectivity index (χ3v) is 1.94. The summed E-state index contributed by atoms with van der Waals surface area (Å²) in [6, 6.07) is 0. The molecule has 0 spiro atoms. The van der Waals surface area contributed by atoms with Crippen LogP contribution < -0.4 is 0 Å². The molecular weight excluding hydrogens is 132 g/mol. The summed E-state index contributed by atoms with van der Waals surface area (Å²) >= 11 is 0. The Morgan fingerprint density at radius 3 is 2.18 bits per heavy atom. The maximum absolute atomic E-state index is 3.90. The van der Waals surface area contributed by atoms with Crippen LogP contribution in [0.1, 0.15) is 34.1 Å². The Balaban J connectivity index is 4.28. The van der Waals surface area contributed by atoms with Gasteiger partial charge in [-0.2, -0.15) is 0 Å². The molecule has 11 heavy (non-hydrogen) atoms. The smallest absolute Gasteiger partial charge is 0.0136 e. The van der Waals surface area contributed by atoms with Gasteiger partial charge in [-0.1, -0.05) is 29.9 Å². The van der Waals surface area contributed by atoms with Crippen molar-refractivity contribution >= 4 is 0 Å². The standard InChI is InChI=1S/C11H18/c1-6-7-8-10(4)11(5)9(2)3/h6-7H,2,8H2,1,3-5H3/b7-6+,11-10+. The number of hydrogen-bond acceptors (Lipinski definition) is 0. The lowest BCUT2D eigenvalue weighted by Gasteiger charge is -2.03. The minimum atomic E-state index is 1.05. The lowest BCUT2D eigenvalue weighted by Crippen LogP contribution is -1.83. The van der Waals surface area contributed by atoms with Crippen molar-refractivity contribution in [3.8, 4) is 0 Å². The van der Waals surface area contributed by atoms with E-state index in [1.54, 1.807) is 0 Å². The Kier molecular flexibility index (Phi) is 4.60. The molecule has 0 heteroatoms. The molecule has 0 nitrogen and oxygen atoms in total. The molecule has 0 aromatic carbocycles. The first-order valence-electron chi connectivity index (χ1n) is 4.03. The fourth-order valence-corrected chi connectivity index (χ4v) is 0.812. The third kappa shape index (κ3) is 3.82. The van der Waals surface area contributed by atoms with Crippen molar-refractivity contribution in [2.24, 2.45) is 0 Å². The van der Waals surface area contributed by atoms with E-state index in [4.69, 9.17) is 0 Å². The number of allylic oxidation sites excluding steroid dienone is 5. The summed E-state index contributed by atoms with van der Waals surface area (Å²) in [6.07, 6.45) is 5.30. The van der Waals surface area contributed by atoms with Crippen molar-refractivity contribution in [1.82, 2.24) is 0 Å². The average molecular weight is 150 g/mol. The molecular formula is C11H18. The zero-order valence-corrected chi connectivity index (χ0v) is 8.07. The highest BCUT2D eigenvalue weighted by molar-refractivity contribution is 5.29. The van der Waals surface area contributed by atoms with Crippen LogP contribution in [-0.2, 0) is 0 Å². The summed E-state index contributed by atoms with van der Waals surface area (Å²) in [5.74, 6) is 0. The highest BCUT2D eigenvalue weighted by Gasteiger charge is 1.94.